The Morgan fingerprint density at radius 3 is 2.12 bits per heavy atom. The van der Waals surface area contributed by atoms with Crippen LogP contribution in [-0.2, 0) is 13.1 Å². The minimum atomic E-state index is -0.501. The standard InChI is InChI=1S/C36H21Cl4N5O6S/c1-50-31-8-6-22(45(48)49)12-24(31)32-9-7-23(51-32)13-33-34(46)44-28-15-30-29(14-27(28)41-35(44)52-33)42(16-18-2-4-20(37)10-25(18)39)36(47)43(30)17-19-3-5-21(38)11-26(19)40/h2-15H,16-17H2,1H3/b33-13-. The lowest BCUT2D eigenvalue weighted by atomic mass is 10.1. The lowest BCUT2D eigenvalue weighted by Crippen LogP contribution is -2.25. The predicted octanol–water partition coefficient (Wildman–Crippen LogP) is 8.46. The Hall–Kier alpha value is -5.11. The first-order chi connectivity index (χ1) is 25.0. The predicted molar refractivity (Wildman–Crippen MR) is 204 cm³/mol. The van der Waals surface area contributed by atoms with Crippen LogP contribution in [-0.4, -0.2) is 30.6 Å². The highest BCUT2D eigenvalue weighted by Crippen LogP contribution is 2.35. The van der Waals surface area contributed by atoms with E-state index < -0.39 is 4.92 Å². The molecule has 0 fully saturated rings. The number of thiazole rings is 1. The number of methoxy groups -OCH3 is 1. The summed E-state index contributed by atoms with van der Waals surface area (Å²) in [7, 11) is 1.46. The van der Waals surface area contributed by atoms with E-state index in [1.165, 1.54) is 41.0 Å². The van der Waals surface area contributed by atoms with Crippen molar-refractivity contribution in [2.45, 2.75) is 13.1 Å². The van der Waals surface area contributed by atoms with Gasteiger partial charge in [-0.15, -0.1) is 0 Å². The molecule has 0 atom stereocenters. The first-order valence-corrected chi connectivity index (χ1v) is 17.7. The number of halogens is 4. The van der Waals surface area contributed by atoms with Crippen LogP contribution in [0.4, 0.5) is 5.69 Å². The number of fused-ring (bicyclic) bond motifs is 4. The molecule has 4 aromatic carbocycles. The van der Waals surface area contributed by atoms with Gasteiger partial charge in [-0.2, -0.15) is 0 Å². The molecule has 4 heterocycles. The number of hydrogen-bond donors (Lipinski definition) is 0. The fraction of sp³-hybridized carbons (Fsp3) is 0.0833. The minimum Gasteiger partial charge on any atom is -0.496 e. The van der Waals surface area contributed by atoms with Crippen molar-refractivity contribution in [2.24, 2.45) is 0 Å². The summed E-state index contributed by atoms with van der Waals surface area (Å²) in [4.78, 5) is 44.1. The van der Waals surface area contributed by atoms with Crippen LogP contribution in [0.15, 0.2) is 92.9 Å². The van der Waals surface area contributed by atoms with Crippen LogP contribution in [0.3, 0.4) is 0 Å². The summed E-state index contributed by atoms with van der Waals surface area (Å²) >= 11 is 26.5. The number of nitro benzene ring substituents is 1. The molecule has 0 saturated heterocycles. The van der Waals surface area contributed by atoms with E-state index in [1.54, 1.807) is 75.9 Å². The molecule has 8 aromatic rings. The topological polar surface area (TPSA) is 127 Å². The summed E-state index contributed by atoms with van der Waals surface area (Å²) in [6.45, 7) is 0.281. The Balaban J connectivity index is 1.26. The van der Waals surface area contributed by atoms with Gasteiger partial charge in [0.15, 0.2) is 4.96 Å². The summed E-state index contributed by atoms with van der Waals surface area (Å²) in [6.07, 6.45) is 1.59. The second-order valence-corrected chi connectivity index (χ2v) is 14.4. The van der Waals surface area contributed by atoms with E-state index in [0.29, 0.717) is 85.6 Å². The molecule has 0 saturated carbocycles. The molecule has 0 aliphatic heterocycles. The monoisotopic (exact) mass is 791 g/mol. The Labute approximate surface area is 316 Å². The third kappa shape index (κ3) is 5.92. The Morgan fingerprint density at radius 1 is 0.846 bits per heavy atom. The number of non-ortho nitro benzene ring substituents is 1. The number of hydrogen-bond acceptors (Lipinski definition) is 8. The molecule has 0 unspecified atom stereocenters. The van der Waals surface area contributed by atoms with Crippen molar-refractivity contribution in [3.05, 3.63) is 151 Å². The normalized spacial score (nSPS) is 12.1. The van der Waals surface area contributed by atoms with Crippen LogP contribution >= 0.6 is 57.7 Å². The number of furan rings is 1. The molecular formula is C36H21Cl4N5O6S. The number of aromatic nitrogens is 4. The summed E-state index contributed by atoms with van der Waals surface area (Å²) in [5.74, 6) is 1.07. The highest BCUT2D eigenvalue weighted by atomic mass is 35.5. The quantitative estimate of drug-likeness (QED) is 0.112. The van der Waals surface area contributed by atoms with Gasteiger partial charge in [-0.1, -0.05) is 69.9 Å². The van der Waals surface area contributed by atoms with Crippen molar-refractivity contribution in [1.82, 2.24) is 18.5 Å². The van der Waals surface area contributed by atoms with Crippen molar-refractivity contribution < 1.29 is 14.1 Å². The smallest absolute Gasteiger partial charge is 0.329 e. The van der Waals surface area contributed by atoms with Crippen molar-refractivity contribution in [2.75, 3.05) is 7.11 Å². The van der Waals surface area contributed by atoms with E-state index in [-0.39, 0.29) is 30.0 Å². The molecule has 52 heavy (non-hydrogen) atoms. The van der Waals surface area contributed by atoms with Gasteiger partial charge in [-0.05, 0) is 65.7 Å². The molecule has 0 bridgehead atoms. The zero-order chi connectivity index (χ0) is 36.4. The van der Waals surface area contributed by atoms with Crippen LogP contribution in [0, 0.1) is 10.1 Å². The Kier molecular flexibility index (Phi) is 8.59. The van der Waals surface area contributed by atoms with Crippen LogP contribution in [0.5, 0.6) is 5.75 Å². The largest absolute Gasteiger partial charge is 0.496 e. The number of nitro groups is 1. The average molecular weight is 793 g/mol. The summed E-state index contributed by atoms with van der Waals surface area (Å²) < 4.78 is 16.4. The molecule has 0 aliphatic carbocycles. The zero-order valence-corrected chi connectivity index (χ0v) is 30.4. The van der Waals surface area contributed by atoms with E-state index in [1.807, 2.05) is 0 Å². The molecule has 0 radical (unpaired) electrons. The molecule has 0 N–H and O–H groups in total. The van der Waals surface area contributed by atoms with Gasteiger partial charge >= 0.3 is 5.69 Å². The van der Waals surface area contributed by atoms with Crippen LogP contribution < -0.4 is 20.5 Å². The van der Waals surface area contributed by atoms with Crippen molar-refractivity contribution in [3.8, 4) is 17.1 Å². The summed E-state index contributed by atoms with van der Waals surface area (Å²) in [6, 6.07) is 21.2. The fourth-order valence-electron chi connectivity index (χ4n) is 6.12. The highest BCUT2D eigenvalue weighted by molar-refractivity contribution is 7.15. The molecule has 0 amide bonds. The van der Waals surface area contributed by atoms with Gasteiger partial charge in [0.05, 0.1) is 52.8 Å². The molecule has 0 spiro atoms. The van der Waals surface area contributed by atoms with Crippen molar-refractivity contribution in [3.63, 3.8) is 0 Å². The lowest BCUT2D eigenvalue weighted by Gasteiger charge is -2.07. The SMILES string of the molecule is COc1ccc([N+](=O)[O-])cc1-c1ccc(/C=c2\sc3nc4cc5c(cc4n3c2=O)n(Cc2ccc(Cl)cc2Cl)c(=O)n5Cc2ccc(Cl)cc2Cl)o1. The van der Waals surface area contributed by atoms with Crippen LogP contribution in [0.1, 0.15) is 16.9 Å². The third-order valence-electron chi connectivity index (χ3n) is 8.63. The highest BCUT2D eigenvalue weighted by Gasteiger charge is 2.21. The maximum atomic E-state index is 14.1. The van der Waals surface area contributed by atoms with Gasteiger partial charge in [-0.25, -0.2) is 14.2 Å². The molecule has 16 heteroatoms. The Morgan fingerprint density at radius 2 is 1.50 bits per heavy atom. The van der Waals surface area contributed by atoms with Gasteiger partial charge in [0.25, 0.3) is 11.2 Å². The van der Waals surface area contributed by atoms with Gasteiger partial charge < -0.3 is 9.15 Å². The average Bonchev–Trinajstić information content (AvgIpc) is 3.85. The van der Waals surface area contributed by atoms with Gasteiger partial charge in [0.2, 0.25) is 0 Å². The Bertz CT molecular complexity index is 2950. The molecular weight excluding hydrogens is 772 g/mol. The first kappa shape index (κ1) is 34.0. The van der Waals surface area contributed by atoms with Crippen molar-refractivity contribution in [1.29, 1.82) is 0 Å². The number of nitrogens with zero attached hydrogens (tertiary/aromatic N) is 5. The summed E-state index contributed by atoms with van der Waals surface area (Å²) in [5.41, 5.74) is 3.12. The van der Waals surface area contributed by atoms with E-state index in [0.717, 1.165) is 0 Å². The molecule has 11 nitrogen and oxygen atoms in total. The van der Waals surface area contributed by atoms with Crippen molar-refractivity contribution >= 4 is 96.5 Å². The van der Waals surface area contributed by atoms with E-state index >= 15 is 0 Å². The van der Waals surface area contributed by atoms with E-state index in [2.05, 4.69) is 0 Å². The maximum Gasteiger partial charge on any atom is 0.329 e. The number of imidazole rings is 2. The van der Waals surface area contributed by atoms with E-state index in [9.17, 15) is 19.7 Å². The minimum absolute atomic E-state index is 0.120. The first-order valence-electron chi connectivity index (χ1n) is 15.4. The maximum absolute atomic E-state index is 14.1. The van der Waals surface area contributed by atoms with Gasteiger partial charge in [-0.3, -0.25) is 24.0 Å². The van der Waals surface area contributed by atoms with Crippen LogP contribution in [0.2, 0.25) is 20.1 Å². The lowest BCUT2D eigenvalue weighted by molar-refractivity contribution is -0.384. The third-order valence-corrected chi connectivity index (χ3v) is 10.8. The molecule has 8 rings (SSSR count). The number of rotatable bonds is 8. The molecule has 4 aromatic heterocycles. The second-order valence-electron chi connectivity index (χ2n) is 11.7. The van der Waals surface area contributed by atoms with Gasteiger partial charge in [0, 0.05) is 38.3 Å². The van der Waals surface area contributed by atoms with Gasteiger partial charge in [0.1, 0.15) is 21.8 Å². The zero-order valence-electron chi connectivity index (χ0n) is 26.6. The second kappa shape index (κ2) is 13.1. The fourth-order valence-corrected chi connectivity index (χ4v) is 8.03. The molecule has 260 valence electrons. The summed E-state index contributed by atoms with van der Waals surface area (Å²) in [5, 5.41) is 13.1. The molecule has 0 aliphatic rings. The van der Waals surface area contributed by atoms with E-state index in [4.69, 9.17) is 60.5 Å². The van der Waals surface area contributed by atoms with Crippen LogP contribution in [0.25, 0.3) is 44.4 Å². The number of ether oxygens (including phenoxy) is 1. The number of benzene rings is 4.